The fourth-order valence-corrected chi connectivity index (χ4v) is 5.23. The van der Waals surface area contributed by atoms with Crippen molar-refractivity contribution in [2.45, 2.75) is 33.1 Å². The molecular weight excluding hydrogens is 451 g/mol. The van der Waals surface area contributed by atoms with Gasteiger partial charge in [0.25, 0.3) is 0 Å². The second-order valence-electron chi connectivity index (χ2n) is 7.04. The zero-order valence-corrected chi connectivity index (χ0v) is 19.1. The van der Waals surface area contributed by atoms with Crippen LogP contribution in [-0.2, 0) is 9.84 Å². The van der Waals surface area contributed by atoms with Crippen LogP contribution in [0.5, 0.6) is 0 Å². The number of aliphatic imine (C=N–C) groups is 1. The van der Waals surface area contributed by atoms with E-state index >= 15 is 0 Å². The normalized spacial score (nSPS) is 24.4. The highest BCUT2D eigenvalue weighted by atomic mass is 127. The van der Waals surface area contributed by atoms with E-state index in [0.717, 1.165) is 44.0 Å². The summed E-state index contributed by atoms with van der Waals surface area (Å²) in [5.74, 6) is 3.19. The molecule has 25 heavy (non-hydrogen) atoms. The quantitative estimate of drug-likeness (QED) is 0.352. The largest absolute Gasteiger partial charge is 0.355 e. The molecule has 0 aromatic heterocycles. The van der Waals surface area contributed by atoms with E-state index < -0.39 is 9.84 Å². The minimum absolute atomic E-state index is 0. The fraction of sp³-hybridized carbons (Fsp3) is 0.941. The van der Waals surface area contributed by atoms with Crippen LogP contribution in [0.4, 0.5) is 0 Å². The lowest BCUT2D eigenvalue weighted by atomic mass is 9.87. The van der Waals surface area contributed by atoms with Crippen LogP contribution in [0.3, 0.4) is 0 Å². The molecule has 0 saturated carbocycles. The van der Waals surface area contributed by atoms with Gasteiger partial charge in [-0.1, -0.05) is 26.7 Å². The molecule has 148 valence electrons. The maximum atomic E-state index is 11.5. The lowest BCUT2D eigenvalue weighted by Crippen LogP contribution is -2.46. The van der Waals surface area contributed by atoms with E-state index in [-0.39, 0.29) is 24.0 Å². The van der Waals surface area contributed by atoms with Gasteiger partial charge in [-0.05, 0) is 18.3 Å². The maximum absolute atomic E-state index is 11.5. The van der Waals surface area contributed by atoms with E-state index in [4.69, 9.17) is 0 Å². The molecule has 0 aromatic rings. The molecule has 2 rings (SSSR count). The summed E-state index contributed by atoms with van der Waals surface area (Å²) >= 11 is 0. The van der Waals surface area contributed by atoms with Crippen molar-refractivity contribution in [3.63, 3.8) is 0 Å². The highest BCUT2D eigenvalue weighted by molar-refractivity contribution is 14.0. The molecule has 2 aliphatic heterocycles. The monoisotopic (exact) mass is 486 g/mol. The standard InChI is InChI=1S/C17H34N4O2S.HI/c1-4-15(5-2)16-6-8-21(14-16)17(18-3)19-7-9-20-10-12-24(22,23)13-11-20;/h15-16H,4-14H2,1-3H3,(H,18,19);1H. The van der Waals surface area contributed by atoms with Gasteiger partial charge in [-0.15, -0.1) is 24.0 Å². The number of hydrogen-bond acceptors (Lipinski definition) is 4. The Kier molecular flexibility index (Phi) is 10.0. The number of likely N-dealkylation sites (tertiary alicyclic amines) is 1. The smallest absolute Gasteiger partial charge is 0.193 e. The maximum Gasteiger partial charge on any atom is 0.193 e. The van der Waals surface area contributed by atoms with Gasteiger partial charge in [0.2, 0.25) is 0 Å². The van der Waals surface area contributed by atoms with Gasteiger partial charge in [0.15, 0.2) is 15.8 Å². The third-order valence-corrected chi connectivity index (χ3v) is 7.21. The highest BCUT2D eigenvalue weighted by Crippen LogP contribution is 2.28. The Balaban J connectivity index is 0.00000312. The molecule has 2 heterocycles. The first kappa shape index (κ1) is 23.0. The van der Waals surface area contributed by atoms with Crippen LogP contribution in [0.2, 0.25) is 0 Å². The van der Waals surface area contributed by atoms with Crippen LogP contribution in [0.15, 0.2) is 4.99 Å². The third kappa shape index (κ3) is 6.86. The van der Waals surface area contributed by atoms with Gasteiger partial charge in [0, 0.05) is 46.3 Å². The lowest BCUT2D eigenvalue weighted by Gasteiger charge is -2.28. The zero-order chi connectivity index (χ0) is 17.6. The summed E-state index contributed by atoms with van der Waals surface area (Å²) in [4.78, 5) is 9.04. The van der Waals surface area contributed by atoms with Gasteiger partial charge in [-0.25, -0.2) is 8.42 Å². The second-order valence-corrected chi connectivity index (χ2v) is 9.34. The average molecular weight is 486 g/mol. The molecule has 1 unspecified atom stereocenters. The van der Waals surface area contributed by atoms with Crippen LogP contribution in [0.1, 0.15) is 33.1 Å². The molecule has 0 radical (unpaired) electrons. The van der Waals surface area contributed by atoms with Crippen molar-refractivity contribution in [3.05, 3.63) is 0 Å². The van der Waals surface area contributed by atoms with E-state index in [2.05, 4.69) is 34.0 Å². The molecular formula is C17H35IN4O2S. The van der Waals surface area contributed by atoms with Crippen LogP contribution in [0.25, 0.3) is 0 Å². The molecule has 1 atom stereocenters. The fourth-order valence-electron chi connectivity index (χ4n) is 3.95. The molecule has 2 aliphatic rings. The molecule has 0 aromatic carbocycles. The van der Waals surface area contributed by atoms with Crippen molar-refractivity contribution >= 4 is 39.8 Å². The summed E-state index contributed by atoms with van der Waals surface area (Å²) < 4.78 is 22.9. The molecule has 0 spiro atoms. The summed E-state index contributed by atoms with van der Waals surface area (Å²) in [6, 6.07) is 0. The van der Waals surface area contributed by atoms with Crippen molar-refractivity contribution in [2.75, 3.05) is 57.8 Å². The average Bonchev–Trinajstić information content (AvgIpc) is 3.04. The molecule has 0 aliphatic carbocycles. The third-order valence-electron chi connectivity index (χ3n) is 5.60. The first-order valence-electron chi connectivity index (χ1n) is 9.37. The summed E-state index contributed by atoms with van der Waals surface area (Å²) in [5.41, 5.74) is 0. The molecule has 0 amide bonds. The van der Waals surface area contributed by atoms with E-state index in [1.54, 1.807) is 0 Å². The first-order valence-corrected chi connectivity index (χ1v) is 11.2. The number of guanidine groups is 1. The first-order chi connectivity index (χ1) is 11.5. The lowest BCUT2D eigenvalue weighted by molar-refractivity contribution is 0.296. The van der Waals surface area contributed by atoms with Gasteiger partial charge in [-0.3, -0.25) is 9.89 Å². The summed E-state index contributed by atoms with van der Waals surface area (Å²) in [5, 5.41) is 3.46. The number of nitrogens with one attached hydrogen (secondary N) is 1. The Hall–Kier alpha value is -0.0900. The molecule has 0 bridgehead atoms. The van der Waals surface area contributed by atoms with Gasteiger partial charge >= 0.3 is 0 Å². The topological polar surface area (TPSA) is 65.0 Å². The van der Waals surface area contributed by atoms with Crippen molar-refractivity contribution in [1.29, 1.82) is 0 Å². The van der Waals surface area contributed by atoms with Crippen LogP contribution in [-0.4, -0.2) is 82.0 Å². The number of rotatable bonds is 6. The minimum Gasteiger partial charge on any atom is -0.355 e. The Bertz CT molecular complexity index is 509. The predicted molar refractivity (Wildman–Crippen MR) is 116 cm³/mol. The van der Waals surface area contributed by atoms with Gasteiger partial charge in [0.1, 0.15) is 0 Å². The Morgan fingerprint density at radius 1 is 1.20 bits per heavy atom. The number of halogens is 1. The van der Waals surface area contributed by atoms with Gasteiger partial charge in [-0.2, -0.15) is 0 Å². The summed E-state index contributed by atoms with van der Waals surface area (Å²) in [7, 11) is -0.941. The van der Waals surface area contributed by atoms with Crippen molar-refractivity contribution in [3.8, 4) is 0 Å². The molecule has 6 nitrogen and oxygen atoms in total. The highest BCUT2D eigenvalue weighted by Gasteiger charge is 2.29. The SMILES string of the molecule is CCC(CC)C1CCN(C(=NC)NCCN2CCS(=O)(=O)CC2)C1.I. The van der Waals surface area contributed by atoms with E-state index in [1.807, 2.05) is 7.05 Å². The Labute approximate surface area is 170 Å². The zero-order valence-electron chi connectivity index (χ0n) is 15.9. The summed E-state index contributed by atoms with van der Waals surface area (Å²) in [6.07, 6.45) is 3.79. The van der Waals surface area contributed by atoms with Crippen LogP contribution in [0, 0.1) is 11.8 Å². The van der Waals surface area contributed by atoms with Crippen molar-refractivity contribution in [1.82, 2.24) is 15.1 Å². The predicted octanol–water partition coefficient (Wildman–Crippen LogP) is 1.67. The molecule has 1 N–H and O–H groups in total. The van der Waals surface area contributed by atoms with Gasteiger partial charge < -0.3 is 10.2 Å². The number of nitrogens with zero attached hydrogens (tertiary/aromatic N) is 3. The van der Waals surface area contributed by atoms with E-state index in [9.17, 15) is 8.42 Å². The van der Waals surface area contributed by atoms with Crippen LogP contribution < -0.4 is 5.32 Å². The van der Waals surface area contributed by atoms with E-state index in [1.165, 1.54) is 19.3 Å². The Morgan fingerprint density at radius 2 is 1.84 bits per heavy atom. The molecule has 8 heteroatoms. The molecule has 2 saturated heterocycles. The van der Waals surface area contributed by atoms with Crippen molar-refractivity contribution in [2.24, 2.45) is 16.8 Å². The van der Waals surface area contributed by atoms with Crippen LogP contribution >= 0.6 is 24.0 Å². The van der Waals surface area contributed by atoms with E-state index in [0.29, 0.717) is 24.6 Å². The minimum atomic E-state index is -2.79. The second kappa shape index (κ2) is 10.9. The number of sulfone groups is 1. The molecule has 2 fully saturated rings. The van der Waals surface area contributed by atoms with Crippen molar-refractivity contribution < 1.29 is 8.42 Å². The Morgan fingerprint density at radius 3 is 2.40 bits per heavy atom. The number of hydrogen-bond donors (Lipinski definition) is 1. The summed E-state index contributed by atoms with van der Waals surface area (Å²) in [6.45, 7) is 9.78. The van der Waals surface area contributed by atoms with Gasteiger partial charge in [0.05, 0.1) is 11.5 Å².